The molecule has 18 heavy (non-hydrogen) atoms. The number of hydrogen-bond acceptors (Lipinski definition) is 1. The van der Waals surface area contributed by atoms with Gasteiger partial charge in [0.2, 0.25) is 0 Å². The molecule has 0 saturated carbocycles. The number of rotatable bonds is 3. The summed E-state index contributed by atoms with van der Waals surface area (Å²) in [7, 11) is 0. The fraction of sp³-hybridized carbons (Fsp3) is 0.235. The van der Waals surface area contributed by atoms with Crippen molar-refractivity contribution in [2.75, 3.05) is 0 Å². The minimum absolute atomic E-state index is 0.0882. The third-order valence-electron chi connectivity index (χ3n) is 3.15. The summed E-state index contributed by atoms with van der Waals surface area (Å²) in [6, 6.07) is 15.6. The highest BCUT2D eigenvalue weighted by Crippen LogP contribution is 2.17. The van der Waals surface area contributed by atoms with Gasteiger partial charge in [-0.3, -0.25) is 4.79 Å². The molecule has 2 aromatic carbocycles. The molecule has 0 atom stereocenters. The fourth-order valence-electron chi connectivity index (χ4n) is 1.89. The highest BCUT2D eigenvalue weighted by Gasteiger charge is 2.09. The second-order valence-electron chi connectivity index (χ2n) is 4.97. The van der Waals surface area contributed by atoms with Crippen LogP contribution in [0.1, 0.15) is 46.8 Å². The van der Waals surface area contributed by atoms with Gasteiger partial charge in [-0.15, -0.1) is 0 Å². The molecule has 1 nitrogen and oxygen atoms in total. The quantitative estimate of drug-likeness (QED) is 0.726. The van der Waals surface area contributed by atoms with E-state index in [4.69, 9.17) is 0 Å². The second-order valence-corrected chi connectivity index (χ2v) is 4.97. The number of carbonyl (C=O) groups excluding carboxylic acids is 1. The van der Waals surface area contributed by atoms with Crippen LogP contribution in [0.3, 0.4) is 0 Å². The molecule has 0 aliphatic rings. The van der Waals surface area contributed by atoms with E-state index < -0.39 is 0 Å². The smallest absolute Gasteiger partial charge is 0.193 e. The van der Waals surface area contributed by atoms with Crippen LogP contribution in [-0.4, -0.2) is 5.78 Å². The monoisotopic (exact) mass is 238 g/mol. The highest BCUT2D eigenvalue weighted by molar-refractivity contribution is 6.08. The van der Waals surface area contributed by atoms with Crippen molar-refractivity contribution in [1.29, 1.82) is 0 Å². The average molecular weight is 238 g/mol. The summed E-state index contributed by atoms with van der Waals surface area (Å²) < 4.78 is 0. The van der Waals surface area contributed by atoms with E-state index in [0.717, 1.165) is 11.1 Å². The van der Waals surface area contributed by atoms with Crippen molar-refractivity contribution in [1.82, 2.24) is 0 Å². The SMILES string of the molecule is Cc1ccc(C(=O)c2ccc(C(C)C)cc2)cc1. The van der Waals surface area contributed by atoms with Gasteiger partial charge in [0.25, 0.3) is 0 Å². The number of aryl methyl sites for hydroxylation is 1. The standard InChI is InChI=1S/C17H18O/c1-12(2)14-8-10-16(11-9-14)17(18)15-6-4-13(3)5-7-15/h4-12H,1-3H3. The Bertz CT molecular complexity index is 533. The van der Waals surface area contributed by atoms with Crippen molar-refractivity contribution in [3.8, 4) is 0 Å². The van der Waals surface area contributed by atoms with E-state index in [1.54, 1.807) is 0 Å². The molecule has 0 unspecified atom stereocenters. The van der Waals surface area contributed by atoms with Crippen LogP contribution in [0, 0.1) is 6.92 Å². The van der Waals surface area contributed by atoms with Gasteiger partial charge >= 0.3 is 0 Å². The predicted octanol–water partition coefficient (Wildman–Crippen LogP) is 4.35. The Hall–Kier alpha value is -1.89. The van der Waals surface area contributed by atoms with Gasteiger partial charge in [-0.05, 0) is 18.4 Å². The van der Waals surface area contributed by atoms with Gasteiger partial charge in [0, 0.05) is 11.1 Å². The Balaban J connectivity index is 2.26. The Morgan fingerprint density at radius 1 is 0.833 bits per heavy atom. The highest BCUT2D eigenvalue weighted by atomic mass is 16.1. The lowest BCUT2D eigenvalue weighted by molar-refractivity contribution is 0.103. The van der Waals surface area contributed by atoms with Gasteiger partial charge in [-0.1, -0.05) is 67.9 Å². The van der Waals surface area contributed by atoms with E-state index in [1.807, 2.05) is 55.5 Å². The Kier molecular flexibility index (Phi) is 3.61. The normalized spacial score (nSPS) is 10.7. The minimum Gasteiger partial charge on any atom is -0.289 e. The number of hydrogen-bond donors (Lipinski definition) is 0. The number of carbonyl (C=O) groups is 1. The molecular formula is C17H18O. The molecule has 0 amide bonds. The maximum Gasteiger partial charge on any atom is 0.193 e. The van der Waals surface area contributed by atoms with Gasteiger partial charge in [-0.2, -0.15) is 0 Å². The molecule has 0 aliphatic carbocycles. The van der Waals surface area contributed by atoms with Crippen LogP contribution < -0.4 is 0 Å². The van der Waals surface area contributed by atoms with Crippen molar-refractivity contribution in [2.45, 2.75) is 26.7 Å². The molecule has 0 fully saturated rings. The fourth-order valence-corrected chi connectivity index (χ4v) is 1.89. The average Bonchev–Trinajstić information content (AvgIpc) is 2.39. The van der Waals surface area contributed by atoms with Crippen molar-refractivity contribution in [3.63, 3.8) is 0 Å². The maximum atomic E-state index is 12.2. The van der Waals surface area contributed by atoms with Crippen LogP contribution in [0.25, 0.3) is 0 Å². The summed E-state index contributed by atoms with van der Waals surface area (Å²) in [6.45, 7) is 6.32. The van der Waals surface area contributed by atoms with E-state index >= 15 is 0 Å². The first-order valence-electron chi connectivity index (χ1n) is 6.29. The van der Waals surface area contributed by atoms with Crippen LogP contribution in [-0.2, 0) is 0 Å². The molecule has 0 bridgehead atoms. The van der Waals surface area contributed by atoms with Crippen molar-refractivity contribution >= 4 is 5.78 Å². The Morgan fingerprint density at radius 2 is 1.28 bits per heavy atom. The summed E-state index contributed by atoms with van der Waals surface area (Å²) in [5.74, 6) is 0.582. The Labute approximate surface area is 108 Å². The van der Waals surface area contributed by atoms with Gasteiger partial charge in [0.05, 0.1) is 0 Å². The van der Waals surface area contributed by atoms with Crippen LogP contribution in [0.2, 0.25) is 0 Å². The summed E-state index contributed by atoms with van der Waals surface area (Å²) >= 11 is 0. The summed E-state index contributed by atoms with van der Waals surface area (Å²) in [6.07, 6.45) is 0. The third-order valence-corrected chi connectivity index (χ3v) is 3.15. The molecule has 92 valence electrons. The van der Waals surface area contributed by atoms with Gasteiger partial charge in [0.15, 0.2) is 5.78 Å². The lowest BCUT2D eigenvalue weighted by Gasteiger charge is -2.06. The van der Waals surface area contributed by atoms with Crippen molar-refractivity contribution in [3.05, 3.63) is 70.8 Å². The first kappa shape index (κ1) is 12.6. The first-order chi connectivity index (χ1) is 8.58. The second kappa shape index (κ2) is 5.18. The lowest BCUT2D eigenvalue weighted by atomic mass is 9.98. The van der Waals surface area contributed by atoms with Crippen LogP contribution in [0.15, 0.2) is 48.5 Å². The number of ketones is 1. The Morgan fingerprint density at radius 3 is 1.72 bits per heavy atom. The van der Waals surface area contributed by atoms with Gasteiger partial charge in [0.1, 0.15) is 0 Å². The molecule has 2 rings (SSSR count). The zero-order valence-corrected chi connectivity index (χ0v) is 11.1. The zero-order valence-electron chi connectivity index (χ0n) is 11.1. The predicted molar refractivity (Wildman–Crippen MR) is 75.1 cm³/mol. The lowest BCUT2D eigenvalue weighted by Crippen LogP contribution is -2.01. The molecule has 0 radical (unpaired) electrons. The van der Waals surface area contributed by atoms with Crippen molar-refractivity contribution in [2.24, 2.45) is 0 Å². The summed E-state index contributed by atoms with van der Waals surface area (Å²) in [4.78, 5) is 12.2. The van der Waals surface area contributed by atoms with E-state index in [9.17, 15) is 4.79 Å². The maximum absolute atomic E-state index is 12.2. The van der Waals surface area contributed by atoms with Crippen LogP contribution in [0.4, 0.5) is 0 Å². The molecule has 1 heteroatoms. The van der Waals surface area contributed by atoms with E-state index in [1.165, 1.54) is 11.1 Å². The molecule has 0 aromatic heterocycles. The van der Waals surface area contributed by atoms with Crippen LogP contribution in [0.5, 0.6) is 0 Å². The van der Waals surface area contributed by atoms with Crippen molar-refractivity contribution < 1.29 is 4.79 Å². The first-order valence-corrected chi connectivity index (χ1v) is 6.29. The number of benzene rings is 2. The third kappa shape index (κ3) is 2.67. The van der Waals surface area contributed by atoms with Gasteiger partial charge in [-0.25, -0.2) is 0 Å². The summed E-state index contributed by atoms with van der Waals surface area (Å²) in [5, 5.41) is 0. The molecule has 0 heterocycles. The molecular weight excluding hydrogens is 220 g/mol. The van der Waals surface area contributed by atoms with E-state index in [2.05, 4.69) is 13.8 Å². The van der Waals surface area contributed by atoms with E-state index in [-0.39, 0.29) is 5.78 Å². The van der Waals surface area contributed by atoms with Crippen LogP contribution >= 0.6 is 0 Å². The summed E-state index contributed by atoms with van der Waals surface area (Å²) in [5.41, 5.74) is 3.93. The topological polar surface area (TPSA) is 17.1 Å². The van der Waals surface area contributed by atoms with Gasteiger partial charge < -0.3 is 0 Å². The molecule has 0 aliphatic heterocycles. The minimum atomic E-state index is 0.0882. The largest absolute Gasteiger partial charge is 0.289 e. The molecule has 0 spiro atoms. The van der Waals surface area contributed by atoms with E-state index in [0.29, 0.717) is 5.92 Å². The zero-order chi connectivity index (χ0) is 13.1. The molecule has 0 saturated heterocycles. The molecule has 0 N–H and O–H groups in total. The molecule has 2 aromatic rings.